The van der Waals surface area contributed by atoms with Gasteiger partial charge in [0.05, 0.1) is 10.7 Å². The molecule has 160 valence electrons. The molecular weight excluding hydrogens is 412 g/mol. The molecule has 3 heterocycles. The summed E-state index contributed by atoms with van der Waals surface area (Å²) in [5.41, 5.74) is 3.50. The second-order valence-electron chi connectivity index (χ2n) is 7.80. The van der Waals surface area contributed by atoms with Gasteiger partial charge in [-0.15, -0.1) is 0 Å². The zero-order valence-electron chi connectivity index (χ0n) is 17.4. The summed E-state index contributed by atoms with van der Waals surface area (Å²) < 4.78 is 0. The van der Waals surface area contributed by atoms with E-state index in [4.69, 9.17) is 11.6 Å². The molecule has 0 aliphatic carbocycles. The Bertz CT molecular complexity index is 1080. The van der Waals surface area contributed by atoms with Crippen molar-refractivity contribution in [1.29, 1.82) is 0 Å². The Morgan fingerprint density at radius 1 is 1.19 bits per heavy atom. The molecule has 0 bridgehead atoms. The van der Waals surface area contributed by atoms with E-state index in [9.17, 15) is 9.90 Å². The number of nitrogens with zero attached hydrogens (tertiary/aromatic N) is 3. The van der Waals surface area contributed by atoms with Crippen LogP contribution in [0.3, 0.4) is 0 Å². The van der Waals surface area contributed by atoms with Crippen LogP contribution < -0.4 is 10.2 Å². The molecule has 31 heavy (non-hydrogen) atoms. The van der Waals surface area contributed by atoms with Gasteiger partial charge in [-0.3, -0.25) is 9.78 Å². The fraction of sp³-hybridized carbons (Fsp3) is 0.292. The van der Waals surface area contributed by atoms with E-state index in [1.54, 1.807) is 24.5 Å². The van der Waals surface area contributed by atoms with Gasteiger partial charge in [-0.05, 0) is 43.5 Å². The van der Waals surface area contributed by atoms with Crippen molar-refractivity contribution in [2.24, 2.45) is 5.92 Å². The number of nitrogens with one attached hydrogen (secondary N) is 1. The number of hydrogen-bond acceptors (Lipinski definition) is 5. The van der Waals surface area contributed by atoms with Crippen molar-refractivity contribution < 1.29 is 9.90 Å². The van der Waals surface area contributed by atoms with Crippen molar-refractivity contribution in [3.05, 3.63) is 71.0 Å². The fourth-order valence-corrected chi connectivity index (χ4v) is 4.10. The van der Waals surface area contributed by atoms with Crippen LogP contribution >= 0.6 is 11.6 Å². The standard InChI is InChI=1S/C24H25ClN4O2/c1-16-5-4-10-26-23(16)19-13-22(27-15-20(19)25)29-11-8-17(9-12-29)24(31)28-14-18-6-2-3-7-21(18)30/h2-7,10,13,15,17,30H,8-9,11-12,14H2,1H3,(H,28,31). The fourth-order valence-electron chi connectivity index (χ4n) is 3.91. The average Bonchev–Trinajstić information content (AvgIpc) is 2.79. The van der Waals surface area contributed by atoms with Crippen LogP contribution in [0.4, 0.5) is 5.82 Å². The van der Waals surface area contributed by atoms with E-state index in [-0.39, 0.29) is 17.6 Å². The number of phenolic OH excluding ortho intramolecular Hbond substituents is 1. The number of anilines is 1. The van der Waals surface area contributed by atoms with Crippen LogP contribution in [0.1, 0.15) is 24.0 Å². The molecule has 0 spiro atoms. The summed E-state index contributed by atoms with van der Waals surface area (Å²) in [5.74, 6) is 1.02. The molecule has 1 aliphatic rings. The number of carbonyl (C=O) groups is 1. The maximum atomic E-state index is 12.6. The van der Waals surface area contributed by atoms with Crippen molar-refractivity contribution in [3.8, 4) is 17.0 Å². The lowest BCUT2D eigenvalue weighted by molar-refractivity contribution is -0.125. The minimum Gasteiger partial charge on any atom is -0.508 e. The van der Waals surface area contributed by atoms with Gasteiger partial charge in [-0.1, -0.05) is 35.9 Å². The Morgan fingerprint density at radius 3 is 2.71 bits per heavy atom. The van der Waals surface area contributed by atoms with Gasteiger partial charge in [0.15, 0.2) is 0 Å². The third kappa shape index (κ3) is 4.80. The van der Waals surface area contributed by atoms with E-state index in [1.165, 1.54) is 0 Å². The van der Waals surface area contributed by atoms with Crippen molar-refractivity contribution >= 4 is 23.3 Å². The topological polar surface area (TPSA) is 78.4 Å². The van der Waals surface area contributed by atoms with Gasteiger partial charge in [-0.25, -0.2) is 4.98 Å². The van der Waals surface area contributed by atoms with Crippen molar-refractivity contribution in [2.45, 2.75) is 26.3 Å². The number of phenols is 1. The van der Waals surface area contributed by atoms with Gasteiger partial charge in [0, 0.05) is 49.1 Å². The summed E-state index contributed by atoms with van der Waals surface area (Å²) in [4.78, 5) is 23.8. The number of para-hydroxylation sites is 1. The number of pyridine rings is 2. The molecule has 1 saturated heterocycles. The molecule has 4 rings (SSSR count). The number of amides is 1. The van der Waals surface area contributed by atoms with Crippen LogP contribution in [0.2, 0.25) is 5.02 Å². The molecule has 1 aliphatic heterocycles. The summed E-state index contributed by atoms with van der Waals surface area (Å²) in [5, 5.41) is 13.4. The normalized spacial score (nSPS) is 14.5. The number of benzene rings is 1. The van der Waals surface area contributed by atoms with E-state index in [0.29, 0.717) is 11.6 Å². The van der Waals surface area contributed by atoms with Gasteiger partial charge >= 0.3 is 0 Å². The first kappa shape index (κ1) is 21.1. The molecule has 0 atom stereocenters. The Morgan fingerprint density at radius 2 is 1.97 bits per heavy atom. The van der Waals surface area contributed by atoms with E-state index >= 15 is 0 Å². The number of halogens is 1. The minimum absolute atomic E-state index is 0.0248. The summed E-state index contributed by atoms with van der Waals surface area (Å²) in [6, 6.07) is 12.9. The summed E-state index contributed by atoms with van der Waals surface area (Å²) in [6.07, 6.45) is 4.92. The van der Waals surface area contributed by atoms with Crippen molar-refractivity contribution in [2.75, 3.05) is 18.0 Å². The predicted octanol–water partition coefficient (Wildman–Crippen LogP) is 4.34. The number of aromatic nitrogens is 2. The molecule has 1 fully saturated rings. The van der Waals surface area contributed by atoms with Gasteiger partial charge in [0.25, 0.3) is 0 Å². The highest BCUT2D eigenvalue weighted by molar-refractivity contribution is 6.33. The highest BCUT2D eigenvalue weighted by Gasteiger charge is 2.26. The number of piperidine rings is 1. The van der Waals surface area contributed by atoms with Crippen LogP contribution in [0.5, 0.6) is 5.75 Å². The first-order valence-electron chi connectivity index (χ1n) is 10.4. The first-order valence-corrected chi connectivity index (χ1v) is 10.8. The molecular formula is C24H25ClN4O2. The molecule has 0 saturated carbocycles. The lowest BCUT2D eigenvalue weighted by atomic mass is 9.95. The van der Waals surface area contributed by atoms with Crippen molar-refractivity contribution in [3.63, 3.8) is 0 Å². The SMILES string of the molecule is Cc1cccnc1-c1cc(N2CCC(C(=O)NCc3ccccc3O)CC2)ncc1Cl. The molecule has 0 radical (unpaired) electrons. The lowest BCUT2D eigenvalue weighted by Crippen LogP contribution is -2.40. The van der Waals surface area contributed by atoms with Gasteiger partial charge in [0.2, 0.25) is 5.91 Å². The largest absolute Gasteiger partial charge is 0.508 e. The number of aromatic hydroxyl groups is 1. The van der Waals surface area contributed by atoms with Gasteiger partial charge < -0.3 is 15.3 Å². The predicted molar refractivity (Wildman–Crippen MR) is 122 cm³/mol. The zero-order chi connectivity index (χ0) is 21.8. The highest BCUT2D eigenvalue weighted by Crippen LogP contribution is 2.32. The van der Waals surface area contributed by atoms with E-state index in [2.05, 4.69) is 20.2 Å². The van der Waals surface area contributed by atoms with Crippen LogP contribution in [-0.4, -0.2) is 34.1 Å². The molecule has 0 unspecified atom stereocenters. The first-order chi connectivity index (χ1) is 15.0. The minimum atomic E-state index is -0.0492. The zero-order valence-corrected chi connectivity index (χ0v) is 18.1. The number of rotatable bonds is 5. The third-order valence-corrected chi connectivity index (χ3v) is 6.04. The molecule has 2 aromatic heterocycles. The maximum absolute atomic E-state index is 12.6. The summed E-state index contributed by atoms with van der Waals surface area (Å²) in [7, 11) is 0. The maximum Gasteiger partial charge on any atom is 0.223 e. The van der Waals surface area contributed by atoms with E-state index in [0.717, 1.165) is 54.1 Å². The van der Waals surface area contributed by atoms with E-state index in [1.807, 2.05) is 37.3 Å². The average molecular weight is 437 g/mol. The lowest BCUT2D eigenvalue weighted by Gasteiger charge is -2.32. The summed E-state index contributed by atoms with van der Waals surface area (Å²) in [6.45, 7) is 3.82. The van der Waals surface area contributed by atoms with Gasteiger partial charge in [0.1, 0.15) is 11.6 Å². The summed E-state index contributed by atoms with van der Waals surface area (Å²) >= 11 is 6.41. The Balaban J connectivity index is 1.39. The Hall–Kier alpha value is -3.12. The monoisotopic (exact) mass is 436 g/mol. The smallest absolute Gasteiger partial charge is 0.223 e. The number of aryl methyl sites for hydroxylation is 1. The molecule has 1 amide bonds. The molecule has 1 aromatic carbocycles. The van der Waals surface area contributed by atoms with Crippen LogP contribution in [0, 0.1) is 12.8 Å². The second kappa shape index (κ2) is 9.35. The Kier molecular flexibility index (Phi) is 6.37. The van der Waals surface area contributed by atoms with Crippen LogP contribution in [0.15, 0.2) is 54.9 Å². The molecule has 6 nitrogen and oxygen atoms in total. The third-order valence-electron chi connectivity index (χ3n) is 5.74. The molecule has 7 heteroatoms. The molecule has 2 N–H and O–H groups in total. The van der Waals surface area contributed by atoms with Crippen LogP contribution in [-0.2, 0) is 11.3 Å². The van der Waals surface area contributed by atoms with Crippen LogP contribution in [0.25, 0.3) is 11.3 Å². The number of carbonyl (C=O) groups excluding carboxylic acids is 1. The Labute approximate surface area is 186 Å². The van der Waals surface area contributed by atoms with Crippen molar-refractivity contribution in [1.82, 2.24) is 15.3 Å². The van der Waals surface area contributed by atoms with E-state index < -0.39 is 0 Å². The quantitative estimate of drug-likeness (QED) is 0.621. The highest BCUT2D eigenvalue weighted by atomic mass is 35.5. The second-order valence-corrected chi connectivity index (χ2v) is 8.21. The number of hydrogen-bond donors (Lipinski definition) is 2. The molecule has 3 aromatic rings. The van der Waals surface area contributed by atoms with Gasteiger partial charge in [-0.2, -0.15) is 0 Å².